The van der Waals surface area contributed by atoms with Gasteiger partial charge in [-0.1, -0.05) is 25.1 Å². The second-order valence-electron chi connectivity index (χ2n) is 4.34. The molecule has 0 unspecified atom stereocenters. The molecule has 3 nitrogen and oxygen atoms in total. The summed E-state index contributed by atoms with van der Waals surface area (Å²) < 4.78 is 7.73. The number of hydrogen-bond acceptors (Lipinski definition) is 2. The van der Waals surface area contributed by atoms with Crippen molar-refractivity contribution < 1.29 is 4.74 Å². The van der Waals surface area contributed by atoms with E-state index in [-0.39, 0.29) is 0 Å². The van der Waals surface area contributed by atoms with Crippen LogP contribution in [-0.2, 0) is 17.8 Å². The van der Waals surface area contributed by atoms with Gasteiger partial charge < -0.3 is 14.6 Å². The van der Waals surface area contributed by atoms with Gasteiger partial charge in [-0.3, -0.25) is 0 Å². The molecule has 0 atom stereocenters. The smallest absolute Gasteiger partial charge is 0.0645 e. The zero-order valence-corrected chi connectivity index (χ0v) is 11.3. The Hall–Kier alpha value is -1.32. The highest BCUT2D eigenvalue weighted by Gasteiger charge is 2.06. The van der Waals surface area contributed by atoms with Crippen LogP contribution < -0.4 is 5.32 Å². The van der Waals surface area contributed by atoms with Crippen molar-refractivity contribution in [2.45, 2.75) is 26.9 Å². The van der Waals surface area contributed by atoms with E-state index in [4.69, 9.17) is 4.74 Å². The maximum absolute atomic E-state index is 5.44. The van der Waals surface area contributed by atoms with Gasteiger partial charge in [0.1, 0.15) is 0 Å². The van der Waals surface area contributed by atoms with E-state index >= 15 is 0 Å². The van der Waals surface area contributed by atoms with Gasteiger partial charge >= 0.3 is 0 Å². The van der Waals surface area contributed by atoms with Crippen LogP contribution in [0.1, 0.15) is 19.4 Å². The van der Waals surface area contributed by atoms with Crippen LogP contribution in [0.15, 0.2) is 30.5 Å². The summed E-state index contributed by atoms with van der Waals surface area (Å²) in [6.07, 6.45) is 2.24. The lowest BCUT2D eigenvalue weighted by molar-refractivity contribution is 0.140. The number of aromatic nitrogens is 1. The molecule has 1 heterocycles. The van der Waals surface area contributed by atoms with Crippen LogP contribution in [0.3, 0.4) is 0 Å². The first-order valence-corrected chi connectivity index (χ1v) is 6.72. The first kappa shape index (κ1) is 13.1. The number of fused-ring (bicyclic) bond motifs is 1. The van der Waals surface area contributed by atoms with E-state index in [1.165, 1.54) is 16.5 Å². The number of nitrogens with one attached hydrogen (secondary N) is 1. The Kier molecular flexibility index (Phi) is 4.79. The van der Waals surface area contributed by atoms with Crippen molar-refractivity contribution in [1.82, 2.24) is 9.88 Å². The molecule has 0 saturated heterocycles. The Balaban J connectivity index is 2.23. The molecular formula is C15H22N2O. The summed E-state index contributed by atoms with van der Waals surface area (Å²) in [5.41, 5.74) is 2.66. The second kappa shape index (κ2) is 6.57. The molecule has 2 rings (SSSR count). The summed E-state index contributed by atoms with van der Waals surface area (Å²) in [5, 5.41) is 4.74. The van der Waals surface area contributed by atoms with E-state index in [2.05, 4.69) is 47.3 Å². The quantitative estimate of drug-likeness (QED) is 0.760. The van der Waals surface area contributed by atoms with E-state index < -0.39 is 0 Å². The van der Waals surface area contributed by atoms with Crippen molar-refractivity contribution in [3.63, 3.8) is 0 Å². The number of para-hydroxylation sites is 1. The van der Waals surface area contributed by atoms with E-state index in [1.807, 2.05) is 6.92 Å². The molecule has 0 fully saturated rings. The van der Waals surface area contributed by atoms with Crippen LogP contribution in [0.25, 0.3) is 10.9 Å². The molecule has 0 saturated carbocycles. The van der Waals surface area contributed by atoms with Crippen molar-refractivity contribution in [2.24, 2.45) is 0 Å². The summed E-state index contributed by atoms with van der Waals surface area (Å²) in [4.78, 5) is 0. The van der Waals surface area contributed by atoms with E-state index in [1.54, 1.807) is 0 Å². The van der Waals surface area contributed by atoms with Gasteiger partial charge in [-0.25, -0.2) is 0 Å². The lowest BCUT2D eigenvalue weighted by atomic mass is 10.2. The number of benzene rings is 1. The Labute approximate surface area is 109 Å². The Morgan fingerprint density at radius 3 is 2.83 bits per heavy atom. The molecule has 0 aliphatic rings. The molecular weight excluding hydrogens is 224 g/mol. The SMILES string of the molecule is CCNCc1cn(CCOCC)c2ccccc12. The highest BCUT2D eigenvalue weighted by molar-refractivity contribution is 5.83. The topological polar surface area (TPSA) is 26.2 Å². The zero-order valence-electron chi connectivity index (χ0n) is 11.3. The molecule has 0 aliphatic heterocycles. The van der Waals surface area contributed by atoms with Crippen LogP contribution in [-0.4, -0.2) is 24.3 Å². The minimum Gasteiger partial charge on any atom is -0.380 e. The lowest BCUT2D eigenvalue weighted by Crippen LogP contribution is -2.11. The van der Waals surface area contributed by atoms with E-state index in [9.17, 15) is 0 Å². The summed E-state index contributed by atoms with van der Waals surface area (Å²) in [6, 6.07) is 8.57. The van der Waals surface area contributed by atoms with Crippen molar-refractivity contribution in [1.29, 1.82) is 0 Å². The maximum Gasteiger partial charge on any atom is 0.0645 e. The fourth-order valence-corrected chi connectivity index (χ4v) is 2.22. The first-order valence-electron chi connectivity index (χ1n) is 6.72. The van der Waals surface area contributed by atoms with E-state index in [0.717, 1.165) is 32.8 Å². The van der Waals surface area contributed by atoms with Gasteiger partial charge in [0.25, 0.3) is 0 Å². The van der Waals surface area contributed by atoms with Crippen LogP contribution >= 0.6 is 0 Å². The molecule has 0 bridgehead atoms. The summed E-state index contributed by atoms with van der Waals surface area (Å²) in [7, 11) is 0. The third-order valence-electron chi connectivity index (χ3n) is 3.12. The second-order valence-corrected chi connectivity index (χ2v) is 4.34. The fraction of sp³-hybridized carbons (Fsp3) is 0.467. The Bertz CT molecular complexity index is 490. The molecule has 2 aromatic rings. The predicted molar refractivity (Wildman–Crippen MR) is 75.8 cm³/mol. The van der Waals surface area contributed by atoms with Gasteiger partial charge in [-0.2, -0.15) is 0 Å². The zero-order chi connectivity index (χ0) is 12.8. The van der Waals surface area contributed by atoms with Gasteiger partial charge in [0.15, 0.2) is 0 Å². The molecule has 0 radical (unpaired) electrons. The van der Waals surface area contributed by atoms with Crippen molar-refractivity contribution in [2.75, 3.05) is 19.8 Å². The molecule has 0 aliphatic carbocycles. The number of ether oxygens (including phenoxy) is 1. The predicted octanol–water partition coefficient (Wildman–Crippen LogP) is 2.79. The van der Waals surface area contributed by atoms with Crippen molar-refractivity contribution in [3.8, 4) is 0 Å². The van der Waals surface area contributed by atoms with Crippen molar-refractivity contribution in [3.05, 3.63) is 36.0 Å². The average Bonchev–Trinajstić information content (AvgIpc) is 2.76. The summed E-state index contributed by atoms with van der Waals surface area (Å²) in [5.74, 6) is 0. The van der Waals surface area contributed by atoms with Crippen molar-refractivity contribution >= 4 is 10.9 Å². The van der Waals surface area contributed by atoms with Gasteiger partial charge in [0, 0.05) is 36.8 Å². The minimum absolute atomic E-state index is 0.774. The molecule has 1 aromatic heterocycles. The molecule has 3 heteroatoms. The highest BCUT2D eigenvalue weighted by atomic mass is 16.5. The normalized spacial score (nSPS) is 11.2. The monoisotopic (exact) mass is 246 g/mol. The molecule has 98 valence electrons. The third-order valence-corrected chi connectivity index (χ3v) is 3.12. The van der Waals surface area contributed by atoms with Crippen LogP contribution in [0.5, 0.6) is 0 Å². The largest absolute Gasteiger partial charge is 0.380 e. The van der Waals surface area contributed by atoms with E-state index in [0.29, 0.717) is 0 Å². The highest BCUT2D eigenvalue weighted by Crippen LogP contribution is 2.21. The third kappa shape index (κ3) is 2.92. The average molecular weight is 246 g/mol. The standard InChI is InChI=1S/C15H22N2O/c1-3-16-11-13-12-17(9-10-18-4-2)15-8-6-5-7-14(13)15/h5-8,12,16H,3-4,9-11H2,1-2H3. The summed E-state index contributed by atoms with van der Waals surface area (Å²) >= 11 is 0. The summed E-state index contributed by atoms with van der Waals surface area (Å²) in [6.45, 7) is 8.56. The van der Waals surface area contributed by atoms with Crippen LogP contribution in [0, 0.1) is 0 Å². The van der Waals surface area contributed by atoms with Crippen LogP contribution in [0.4, 0.5) is 0 Å². The van der Waals surface area contributed by atoms with Gasteiger partial charge in [-0.05, 0) is 25.1 Å². The molecule has 0 spiro atoms. The maximum atomic E-state index is 5.44. The fourth-order valence-electron chi connectivity index (χ4n) is 2.22. The molecule has 1 aromatic carbocycles. The van der Waals surface area contributed by atoms with Gasteiger partial charge in [0.2, 0.25) is 0 Å². The van der Waals surface area contributed by atoms with Gasteiger partial charge in [-0.15, -0.1) is 0 Å². The first-order chi connectivity index (χ1) is 8.86. The lowest BCUT2D eigenvalue weighted by Gasteiger charge is -2.04. The molecule has 18 heavy (non-hydrogen) atoms. The molecule has 0 amide bonds. The number of hydrogen-bond donors (Lipinski definition) is 1. The minimum atomic E-state index is 0.774. The van der Waals surface area contributed by atoms with Crippen LogP contribution in [0.2, 0.25) is 0 Å². The molecule has 1 N–H and O–H groups in total. The number of nitrogens with zero attached hydrogens (tertiary/aromatic N) is 1. The van der Waals surface area contributed by atoms with Gasteiger partial charge in [0.05, 0.1) is 6.61 Å². The Morgan fingerprint density at radius 2 is 2.06 bits per heavy atom. The number of rotatable bonds is 7. The Morgan fingerprint density at radius 1 is 1.22 bits per heavy atom.